The van der Waals surface area contributed by atoms with Gasteiger partial charge < -0.3 is 15.2 Å². The van der Waals surface area contributed by atoms with E-state index in [0.29, 0.717) is 35.6 Å². The Morgan fingerprint density at radius 3 is 2.62 bits per heavy atom. The van der Waals surface area contributed by atoms with Gasteiger partial charge in [0.15, 0.2) is 0 Å². The highest BCUT2D eigenvalue weighted by atomic mass is 16.3. The van der Waals surface area contributed by atoms with Crippen LogP contribution in [0.2, 0.25) is 0 Å². The lowest BCUT2D eigenvalue weighted by molar-refractivity contribution is 0.0956. The van der Waals surface area contributed by atoms with Gasteiger partial charge in [-0.3, -0.25) is 4.79 Å². The van der Waals surface area contributed by atoms with Crippen molar-refractivity contribution in [3.8, 4) is 0 Å². The third kappa shape index (κ3) is 3.73. The third-order valence-electron chi connectivity index (χ3n) is 5.59. The number of hydrogen-bond acceptors (Lipinski definition) is 5. The van der Waals surface area contributed by atoms with Crippen molar-refractivity contribution in [1.82, 2.24) is 25.2 Å². The summed E-state index contributed by atoms with van der Waals surface area (Å²) in [5.74, 6) is -0.213. The second-order valence-corrected chi connectivity index (χ2v) is 7.74. The summed E-state index contributed by atoms with van der Waals surface area (Å²) in [6, 6.07) is 9.26. The van der Waals surface area contributed by atoms with Gasteiger partial charge in [-0.25, -0.2) is 9.78 Å². The van der Waals surface area contributed by atoms with Crippen molar-refractivity contribution in [2.45, 2.75) is 13.3 Å². The molecule has 0 saturated carbocycles. The third-order valence-corrected chi connectivity index (χ3v) is 5.59. The van der Waals surface area contributed by atoms with Crippen LogP contribution in [0, 0.1) is 11.8 Å². The van der Waals surface area contributed by atoms with Gasteiger partial charge in [0.05, 0.1) is 21.9 Å². The van der Waals surface area contributed by atoms with Gasteiger partial charge in [-0.1, -0.05) is 18.2 Å². The molecular formula is C23H24N6O3. The maximum absolute atomic E-state index is 13.3. The molecular weight excluding hydrogens is 408 g/mol. The van der Waals surface area contributed by atoms with E-state index in [1.807, 2.05) is 54.3 Å². The molecule has 2 aromatic carbocycles. The molecule has 32 heavy (non-hydrogen) atoms. The Morgan fingerprint density at radius 1 is 1.09 bits per heavy atom. The summed E-state index contributed by atoms with van der Waals surface area (Å²) in [6.45, 7) is 2.72. The number of hydrogen-bond donors (Lipinski definition) is 2. The lowest BCUT2D eigenvalue weighted by atomic mass is 9.95. The predicted octanol–water partition coefficient (Wildman–Crippen LogP) is 3.63. The van der Waals surface area contributed by atoms with Gasteiger partial charge in [-0.2, -0.15) is 5.01 Å². The monoisotopic (exact) mass is 432 g/mol. The zero-order chi connectivity index (χ0) is 22.8. The van der Waals surface area contributed by atoms with E-state index in [1.54, 1.807) is 0 Å². The van der Waals surface area contributed by atoms with Crippen LogP contribution >= 0.6 is 0 Å². The summed E-state index contributed by atoms with van der Waals surface area (Å²) in [5, 5.41) is 12.6. The van der Waals surface area contributed by atoms with Gasteiger partial charge >= 0.3 is 6.03 Å². The number of aryl methyl sites for hydroxylation is 2. The molecule has 0 aliphatic rings. The molecule has 2 aromatic heterocycles. The van der Waals surface area contributed by atoms with Crippen molar-refractivity contribution in [3.05, 3.63) is 58.8 Å². The average molecular weight is 432 g/mol. The van der Waals surface area contributed by atoms with Crippen LogP contribution in [-0.2, 0) is 7.05 Å². The van der Waals surface area contributed by atoms with E-state index < -0.39 is 6.03 Å². The van der Waals surface area contributed by atoms with Crippen molar-refractivity contribution in [1.29, 1.82) is 0 Å². The minimum Gasteiger partial charge on any atom is -0.357 e. The van der Waals surface area contributed by atoms with E-state index in [2.05, 4.69) is 22.8 Å². The van der Waals surface area contributed by atoms with Gasteiger partial charge in [-0.05, 0) is 36.4 Å². The van der Waals surface area contributed by atoms with Crippen LogP contribution in [0.4, 0.5) is 4.79 Å². The Hall–Kier alpha value is -4.01. The predicted molar refractivity (Wildman–Crippen MR) is 124 cm³/mol. The number of nitroso groups, excluding NO2 is 1. The number of carbonyl (C=O) groups excluding carboxylic acids is 2. The minimum atomic E-state index is -0.585. The Morgan fingerprint density at radius 2 is 1.84 bits per heavy atom. The number of nitrogens with one attached hydrogen (secondary N) is 2. The number of para-hydroxylation sites is 1. The largest absolute Gasteiger partial charge is 0.357 e. The standard InChI is InChI=1S/C23H24N6O3/c1-14-17-13-28(2)12-9-15(17)20(21-19(14)16-7-4-5-8-18(16)26-21)22(30)24-10-6-11-25-23(31)29(3)27-32/h4-5,7-9,12-13H,6,10-11H2,1-3H3,(H,24,30)(H,25,31). The molecule has 0 unspecified atom stereocenters. The van der Waals surface area contributed by atoms with Gasteiger partial charge in [0.2, 0.25) is 0 Å². The Kier molecular flexibility index (Phi) is 5.72. The number of nitrogens with zero attached hydrogens (tertiary/aromatic N) is 4. The lowest BCUT2D eigenvalue weighted by Gasteiger charge is -2.14. The second kappa shape index (κ2) is 8.62. The fraction of sp³-hybridized carbons (Fsp3) is 0.261. The van der Waals surface area contributed by atoms with E-state index in [1.165, 1.54) is 7.05 Å². The van der Waals surface area contributed by atoms with Crippen LogP contribution in [0.3, 0.4) is 0 Å². The van der Waals surface area contributed by atoms with Gasteiger partial charge in [0.25, 0.3) is 5.91 Å². The van der Waals surface area contributed by atoms with Crippen LogP contribution in [0.15, 0.2) is 48.0 Å². The first kappa shape index (κ1) is 21.2. The fourth-order valence-electron chi connectivity index (χ4n) is 3.98. The molecule has 4 aromatic rings. The highest BCUT2D eigenvalue weighted by Gasteiger charge is 2.21. The van der Waals surface area contributed by atoms with Crippen molar-refractivity contribution in [2.75, 3.05) is 20.1 Å². The van der Waals surface area contributed by atoms with E-state index >= 15 is 0 Å². The van der Waals surface area contributed by atoms with Gasteiger partial charge in [0.1, 0.15) is 0 Å². The summed E-state index contributed by atoms with van der Waals surface area (Å²) in [7, 11) is 3.23. The zero-order valence-corrected chi connectivity index (χ0v) is 18.2. The van der Waals surface area contributed by atoms with E-state index in [4.69, 9.17) is 4.98 Å². The molecule has 3 amide bonds. The molecule has 164 valence electrons. The van der Waals surface area contributed by atoms with Gasteiger partial charge in [0, 0.05) is 55.7 Å². The average Bonchev–Trinajstić information content (AvgIpc) is 3.18. The number of carbonyl (C=O) groups is 2. The van der Waals surface area contributed by atoms with Gasteiger partial charge in [-0.15, -0.1) is 4.91 Å². The first-order chi connectivity index (χ1) is 15.4. The summed E-state index contributed by atoms with van der Waals surface area (Å²) in [6.07, 6.45) is 4.44. The molecule has 0 fully saturated rings. The molecule has 0 aliphatic heterocycles. The highest BCUT2D eigenvalue weighted by Crippen LogP contribution is 2.36. The van der Waals surface area contributed by atoms with Crippen molar-refractivity contribution in [2.24, 2.45) is 12.3 Å². The second-order valence-electron chi connectivity index (χ2n) is 7.74. The molecule has 0 spiro atoms. The van der Waals surface area contributed by atoms with Crippen molar-refractivity contribution < 1.29 is 9.59 Å². The molecule has 0 saturated heterocycles. The Labute approximate surface area is 184 Å². The molecule has 0 bridgehead atoms. The van der Waals surface area contributed by atoms with Crippen molar-refractivity contribution >= 4 is 44.5 Å². The molecule has 0 aliphatic carbocycles. The van der Waals surface area contributed by atoms with E-state index in [0.717, 1.165) is 32.6 Å². The molecule has 9 nitrogen and oxygen atoms in total. The Balaban J connectivity index is 1.66. The van der Waals surface area contributed by atoms with Crippen LogP contribution in [0.1, 0.15) is 22.3 Å². The molecule has 0 radical (unpaired) electrons. The van der Waals surface area contributed by atoms with Crippen LogP contribution in [0.25, 0.3) is 32.6 Å². The maximum atomic E-state index is 13.3. The van der Waals surface area contributed by atoms with E-state index in [-0.39, 0.29) is 5.91 Å². The topological polar surface area (TPSA) is 109 Å². The first-order valence-electron chi connectivity index (χ1n) is 10.3. The number of fused-ring (bicyclic) bond motifs is 4. The molecule has 4 rings (SSSR count). The molecule has 0 atom stereocenters. The summed E-state index contributed by atoms with van der Waals surface area (Å²) < 4.78 is 1.97. The highest BCUT2D eigenvalue weighted by molar-refractivity contribution is 6.24. The van der Waals surface area contributed by atoms with Crippen molar-refractivity contribution in [3.63, 3.8) is 0 Å². The normalized spacial score (nSPS) is 11.1. The maximum Gasteiger partial charge on any atom is 0.340 e. The number of urea groups is 1. The smallest absolute Gasteiger partial charge is 0.340 e. The summed E-state index contributed by atoms with van der Waals surface area (Å²) >= 11 is 0. The first-order valence-corrected chi connectivity index (χ1v) is 10.3. The summed E-state index contributed by atoms with van der Waals surface area (Å²) in [5.41, 5.74) is 3.18. The molecule has 2 heterocycles. The van der Waals surface area contributed by atoms with Crippen LogP contribution in [0.5, 0.6) is 0 Å². The van der Waals surface area contributed by atoms with E-state index in [9.17, 15) is 14.5 Å². The molecule has 2 N–H and O–H groups in total. The van der Waals surface area contributed by atoms with Crippen LogP contribution in [-0.4, -0.2) is 46.6 Å². The quantitative estimate of drug-likeness (QED) is 0.275. The Bertz CT molecular complexity index is 1360. The zero-order valence-electron chi connectivity index (χ0n) is 18.2. The number of benzene rings is 2. The lowest BCUT2D eigenvalue weighted by Crippen LogP contribution is -2.35. The number of pyridine rings is 1. The SMILES string of the molecule is Cc1c2cn(C)ccc2c(C(=O)NCCCNC(=O)N(C)N=O)c2nc3ccccc3c12. The summed E-state index contributed by atoms with van der Waals surface area (Å²) in [4.78, 5) is 40.0. The fourth-order valence-corrected chi connectivity index (χ4v) is 3.98. The molecule has 9 heteroatoms. The van der Waals surface area contributed by atoms with Crippen LogP contribution < -0.4 is 10.6 Å². The minimum absolute atomic E-state index is 0.213. The number of aromatic nitrogens is 2. The number of rotatable bonds is 6. The number of amides is 3.